The quantitative estimate of drug-likeness (QED) is 0.342. The van der Waals surface area contributed by atoms with Gasteiger partial charge in [0.25, 0.3) is 0 Å². The molecule has 1 aromatic carbocycles. The van der Waals surface area contributed by atoms with Gasteiger partial charge in [0.1, 0.15) is 0 Å². The van der Waals surface area contributed by atoms with E-state index in [-0.39, 0.29) is 5.97 Å². The number of carbonyl (C=O) groups is 1. The Morgan fingerprint density at radius 3 is 2.04 bits per heavy atom. The first kappa shape index (κ1) is 21.4. The van der Waals surface area contributed by atoms with Crippen LogP contribution in [0.15, 0.2) is 24.3 Å². The van der Waals surface area contributed by atoms with E-state index in [9.17, 15) is 4.79 Å². The van der Waals surface area contributed by atoms with E-state index in [1.165, 1.54) is 69.8 Å². The fraction of sp³-hybridized carbons (Fsp3) is 0.731. The van der Waals surface area contributed by atoms with E-state index in [2.05, 4.69) is 26.0 Å². The molecule has 2 nitrogen and oxygen atoms in total. The van der Waals surface area contributed by atoms with Crippen molar-refractivity contribution in [3.63, 3.8) is 0 Å². The molecule has 3 rings (SSSR count). The monoisotopic (exact) mass is 384 g/mol. The fourth-order valence-corrected chi connectivity index (χ4v) is 5.56. The second-order valence-corrected chi connectivity index (χ2v) is 9.29. The van der Waals surface area contributed by atoms with Gasteiger partial charge < -0.3 is 4.74 Å². The van der Waals surface area contributed by atoms with Crippen molar-refractivity contribution in [2.24, 2.45) is 17.8 Å². The van der Waals surface area contributed by atoms with Gasteiger partial charge in [-0.15, -0.1) is 0 Å². The number of hydrogen-bond acceptors (Lipinski definition) is 2. The Morgan fingerprint density at radius 1 is 0.857 bits per heavy atom. The van der Waals surface area contributed by atoms with Crippen molar-refractivity contribution in [3.05, 3.63) is 35.4 Å². The number of rotatable bonds is 8. The van der Waals surface area contributed by atoms with Crippen LogP contribution in [0.2, 0.25) is 0 Å². The van der Waals surface area contributed by atoms with Crippen LogP contribution < -0.4 is 0 Å². The SMILES string of the molecule is CCCCOC(=O)c1ccc(C2CCC(C3CCC(CCC)CC3)CC2)cc1. The second-order valence-electron chi connectivity index (χ2n) is 9.29. The van der Waals surface area contributed by atoms with E-state index in [1.807, 2.05) is 12.1 Å². The maximum absolute atomic E-state index is 12.1. The van der Waals surface area contributed by atoms with Gasteiger partial charge >= 0.3 is 5.97 Å². The Hall–Kier alpha value is -1.31. The zero-order valence-electron chi connectivity index (χ0n) is 18.1. The Bertz CT molecular complexity index is 575. The molecule has 0 amide bonds. The van der Waals surface area contributed by atoms with Crippen LogP contribution in [-0.4, -0.2) is 12.6 Å². The molecule has 28 heavy (non-hydrogen) atoms. The van der Waals surface area contributed by atoms with Crippen LogP contribution in [0.3, 0.4) is 0 Å². The summed E-state index contributed by atoms with van der Waals surface area (Å²) < 4.78 is 5.32. The van der Waals surface area contributed by atoms with Crippen LogP contribution in [0.1, 0.15) is 113 Å². The lowest BCUT2D eigenvalue weighted by atomic mass is 9.68. The molecule has 2 fully saturated rings. The Kier molecular flexibility index (Phi) is 8.43. The van der Waals surface area contributed by atoms with E-state index < -0.39 is 0 Å². The zero-order valence-corrected chi connectivity index (χ0v) is 18.1. The van der Waals surface area contributed by atoms with E-state index in [4.69, 9.17) is 4.74 Å². The summed E-state index contributed by atoms with van der Waals surface area (Å²) in [6, 6.07) is 8.25. The Balaban J connectivity index is 1.44. The minimum absolute atomic E-state index is 0.178. The molecule has 0 radical (unpaired) electrons. The molecule has 156 valence electrons. The first-order valence-electron chi connectivity index (χ1n) is 12.0. The van der Waals surface area contributed by atoms with Gasteiger partial charge in [-0.3, -0.25) is 0 Å². The smallest absolute Gasteiger partial charge is 0.338 e. The van der Waals surface area contributed by atoms with Crippen molar-refractivity contribution in [1.29, 1.82) is 0 Å². The van der Waals surface area contributed by atoms with Crippen LogP contribution in [0.4, 0.5) is 0 Å². The molecule has 0 unspecified atom stereocenters. The van der Waals surface area contributed by atoms with E-state index >= 15 is 0 Å². The molecule has 0 bridgehead atoms. The van der Waals surface area contributed by atoms with Gasteiger partial charge in [0.2, 0.25) is 0 Å². The van der Waals surface area contributed by atoms with Crippen molar-refractivity contribution < 1.29 is 9.53 Å². The van der Waals surface area contributed by atoms with Crippen LogP contribution in [0.5, 0.6) is 0 Å². The van der Waals surface area contributed by atoms with Gasteiger partial charge in [-0.05, 0) is 86.3 Å². The third-order valence-corrected chi connectivity index (χ3v) is 7.38. The molecule has 2 aliphatic rings. The van der Waals surface area contributed by atoms with E-state index in [1.54, 1.807) is 0 Å². The first-order valence-corrected chi connectivity index (χ1v) is 12.0. The molecule has 2 aliphatic carbocycles. The summed E-state index contributed by atoms with van der Waals surface area (Å²) >= 11 is 0. The average molecular weight is 385 g/mol. The zero-order chi connectivity index (χ0) is 19.8. The molecular formula is C26H40O2. The summed E-state index contributed by atoms with van der Waals surface area (Å²) in [6.45, 7) is 4.96. The van der Waals surface area contributed by atoms with Crippen LogP contribution in [-0.2, 0) is 4.74 Å². The van der Waals surface area contributed by atoms with Gasteiger partial charge in [0.05, 0.1) is 12.2 Å². The average Bonchev–Trinajstić information content (AvgIpc) is 2.75. The third-order valence-electron chi connectivity index (χ3n) is 7.38. The standard InChI is InChI=1S/C26H40O2/c1-3-5-19-28-26(27)25-17-15-24(16-18-25)23-13-11-22(12-14-23)21-9-7-20(6-4-2)8-10-21/h15-18,20-23H,3-14,19H2,1-2H3. The minimum Gasteiger partial charge on any atom is -0.462 e. The van der Waals surface area contributed by atoms with Crippen LogP contribution >= 0.6 is 0 Å². The predicted molar refractivity (Wildman–Crippen MR) is 117 cm³/mol. The Morgan fingerprint density at radius 2 is 1.46 bits per heavy atom. The lowest BCUT2D eigenvalue weighted by Gasteiger charge is -2.38. The Labute approximate surface area is 172 Å². The highest BCUT2D eigenvalue weighted by Gasteiger charge is 2.31. The molecule has 2 heteroatoms. The third kappa shape index (κ3) is 5.84. The molecule has 0 aliphatic heterocycles. The molecule has 1 aromatic rings. The lowest BCUT2D eigenvalue weighted by molar-refractivity contribution is 0.0499. The van der Waals surface area contributed by atoms with Gasteiger partial charge in [0, 0.05) is 0 Å². The highest BCUT2D eigenvalue weighted by atomic mass is 16.5. The molecule has 0 atom stereocenters. The molecule has 0 heterocycles. The maximum Gasteiger partial charge on any atom is 0.338 e. The summed E-state index contributed by atoms with van der Waals surface area (Å²) in [6.07, 6.45) is 16.1. The molecule has 0 aromatic heterocycles. The summed E-state index contributed by atoms with van der Waals surface area (Å²) in [7, 11) is 0. The van der Waals surface area contributed by atoms with Crippen molar-refractivity contribution in [2.75, 3.05) is 6.61 Å². The molecule has 0 spiro atoms. The summed E-state index contributed by atoms with van der Waals surface area (Å²) in [4.78, 5) is 12.1. The highest BCUT2D eigenvalue weighted by molar-refractivity contribution is 5.89. The predicted octanol–water partition coefficient (Wildman–Crippen LogP) is 7.52. The summed E-state index contributed by atoms with van der Waals surface area (Å²) in [5, 5.41) is 0. The molecular weight excluding hydrogens is 344 g/mol. The van der Waals surface area contributed by atoms with E-state index in [0.29, 0.717) is 18.1 Å². The van der Waals surface area contributed by atoms with Gasteiger partial charge in [-0.25, -0.2) is 4.79 Å². The van der Waals surface area contributed by atoms with E-state index in [0.717, 1.165) is 30.6 Å². The van der Waals surface area contributed by atoms with Crippen LogP contribution in [0, 0.1) is 17.8 Å². The molecule has 2 saturated carbocycles. The van der Waals surface area contributed by atoms with Gasteiger partial charge in [0.15, 0.2) is 0 Å². The van der Waals surface area contributed by atoms with Gasteiger partial charge in [-0.2, -0.15) is 0 Å². The van der Waals surface area contributed by atoms with Crippen molar-refractivity contribution in [3.8, 4) is 0 Å². The number of esters is 1. The number of ether oxygens (including phenoxy) is 1. The van der Waals surface area contributed by atoms with Crippen molar-refractivity contribution in [1.82, 2.24) is 0 Å². The number of carbonyl (C=O) groups excluding carboxylic acids is 1. The highest BCUT2D eigenvalue weighted by Crippen LogP contribution is 2.44. The normalized spacial score (nSPS) is 28.1. The van der Waals surface area contributed by atoms with Crippen molar-refractivity contribution >= 4 is 5.97 Å². The van der Waals surface area contributed by atoms with Crippen molar-refractivity contribution in [2.45, 2.75) is 96.8 Å². The largest absolute Gasteiger partial charge is 0.462 e. The first-order chi connectivity index (χ1) is 13.7. The minimum atomic E-state index is -0.178. The summed E-state index contributed by atoms with van der Waals surface area (Å²) in [5.74, 6) is 3.48. The second kappa shape index (κ2) is 11.0. The molecule has 0 N–H and O–H groups in total. The number of unbranched alkanes of at least 4 members (excludes halogenated alkanes) is 1. The fourth-order valence-electron chi connectivity index (χ4n) is 5.56. The maximum atomic E-state index is 12.1. The topological polar surface area (TPSA) is 26.3 Å². The lowest BCUT2D eigenvalue weighted by Crippen LogP contribution is -2.25. The molecule has 0 saturated heterocycles. The van der Waals surface area contributed by atoms with Gasteiger partial charge in [-0.1, -0.05) is 58.1 Å². The summed E-state index contributed by atoms with van der Waals surface area (Å²) in [5.41, 5.74) is 2.10. The number of hydrogen-bond donors (Lipinski definition) is 0. The van der Waals surface area contributed by atoms with Crippen LogP contribution in [0.25, 0.3) is 0 Å². The number of benzene rings is 1.